The number of hydrogen-bond donors (Lipinski definition) is 4. The van der Waals surface area contributed by atoms with Crippen LogP contribution in [0.25, 0.3) is 11.5 Å². The molecule has 3 heterocycles. The first-order valence-electron chi connectivity index (χ1n) is 7.92. The Hall–Kier alpha value is -3.07. The number of nitrogens with zero attached hydrogens (tertiary/aromatic N) is 4. The van der Waals surface area contributed by atoms with Gasteiger partial charge in [-0.05, 0) is 37.6 Å². The highest BCUT2D eigenvalue weighted by Gasteiger charge is 2.20. The van der Waals surface area contributed by atoms with E-state index in [0.717, 1.165) is 11.3 Å². The lowest BCUT2D eigenvalue weighted by Gasteiger charge is -2.15. The van der Waals surface area contributed by atoms with E-state index in [4.69, 9.17) is 5.73 Å². The molecular weight excluding hydrogens is 320 g/mol. The number of amides is 1. The van der Waals surface area contributed by atoms with Crippen molar-refractivity contribution in [1.82, 2.24) is 35.7 Å². The molecule has 9 heteroatoms. The van der Waals surface area contributed by atoms with Crippen LogP contribution >= 0.6 is 0 Å². The van der Waals surface area contributed by atoms with Crippen molar-refractivity contribution >= 4 is 5.91 Å². The van der Waals surface area contributed by atoms with Crippen LogP contribution in [-0.2, 0) is 11.2 Å². The quantitative estimate of drug-likeness (QED) is 0.519. The Morgan fingerprint density at radius 2 is 2.16 bits per heavy atom. The molecular formula is C16H20N8O. The van der Waals surface area contributed by atoms with Crippen LogP contribution in [0.3, 0.4) is 0 Å². The largest absolute Gasteiger partial charge is 0.345 e. The third-order valence-electron chi connectivity index (χ3n) is 3.75. The van der Waals surface area contributed by atoms with E-state index in [1.54, 1.807) is 18.5 Å². The number of nitrogens with two attached hydrogens (primary N) is 1. The number of carbonyl (C=O) groups excluding carboxylic acids is 1. The molecule has 9 nitrogen and oxygen atoms in total. The van der Waals surface area contributed by atoms with Crippen molar-refractivity contribution in [2.45, 2.75) is 32.4 Å². The summed E-state index contributed by atoms with van der Waals surface area (Å²) in [6.07, 6.45) is 3.71. The molecule has 0 fully saturated rings. The highest BCUT2D eigenvalue weighted by Crippen LogP contribution is 2.15. The van der Waals surface area contributed by atoms with Crippen molar-refractivity contribution in [2.75, 3.05) is 0 Å². The summed E-state index contributed by atoms with van der Waals surface area (Å²) in [7, 11) is 0. The summed E-state index contributed by atoms with van der Waals surface area (Å²) in [5.74, 6) is 0.760. The molecule has 130 valence electrons. The standard InChI is InChI=1S/C16H20N8O/c1-9-3-5-18-13(7-9)15-21-14(23-24-15)10(2)20-16(25)12(17)8-11-4-6-19-22-11/h3-7,10,12H,8,17H2,1-2H3,(H,19,22)(H,20,25)(H,21,23,24). The minimum absolute atomic E-state index is 0.270. The van der Waals surface area contributed by atoms with Gasteiger partial charge in [-0.15, -0.1) is 0 Å². The zero-order valence-corrected chi connectivity index (χ0v) is 14.0. The number of H-pyrrole nitrogens is 2. The first-order chi connectivity index (χ1) is 12.0. The number of aromatic amines is 2. The van der Waals surface area contributed by atoms with Crippen molar-refractivity contribution < 1.29 is 4.79 Å². The molecule has 0 aliphatic rings. The normalized spacial score (nSPS) is 13.4. The highest BCUT2D eigenvalue weighted by molar-refractivity contribution is 5.82. The number of carbonyl (C=O) groups is 1. The molecule has 0 radical (unpaired) electrons. The number of nitrogens with one attached hydrogen (secondary N) is 3. The third kappa shape index (κ3) is 4.07. The van der Waals surface area contributed by atoms with E-state index in [9.17, 15) is 4.79 Å². The van der Waals surface area contributed by atoms with E-state index in [1.807, 2.05) is 26.0 Å². The first kappa shape index (κ1) is 16.8. The lowest BCUT2D eigenvalue weighted by Crippen LogP contribution is -2.43. The van der Waals surface area contributed by atoms with Gasteiger partial charge < -0.3 is 11.1 Å². The fourth-order valence-electron chi connectivity index (χ4n) is 2.36. The summed E-state index contributed by atoms with van der Waals surface area (Å²) >= 11 is 0. The molecule has 3 rings (SSSR count). The van der Waals surface area contributed by atoms with Gasteiger partial charge in [0, 0.05) is 24.5 Å². The number of pyridine rings is 1. The smallest absolute Gasteiger partial charge is 0.237 e. The fourth-order valence-corrected chi connectivity index (χ4v) is 2.36. The van der Waals surface area contributed by atoms with Gasteiger partial charge >= 0.3 is 0 Å². The molecule has 0 aliphatic carbocycles. The highest BCUT2D eigenvalue weighted by atomic mass is 16.2. The predicted octanol–water partition coefficient (Wildman–Crippen LogP) is 0.645. The second-order valence-corrected chi connectivity index (χ2v) is 5.89. The summed E-state index contributed by atoms with van der Waals surface area (Å²) in [6.45, 7) is 3.79. The summed E-state index contributed by atoms with van der Waals surface area (Å²) in [5.41, 5.74) is 8.49. The minimum atomic E-state index is -0.677. The number of rotatable bonds is 6. The van der Waals surface area contributed by atoms with Crippen molar-refractivity contribution in [3.05, 3.63) is 47.7 Å². The Bertz CT molecular complexity index is 841. The van der Waals surface area contributed by atoms with Crippen molar-refractivity contribution in [3.8, 4) is 11.5 Å². The Morgan fingerprint density at radius 3 is 2.88 bits per heavy atom. The van der Waals surface area contributed by atoms with Gasteiger partial charge in [0.05, 0.1) is 12.1 Å². The van der Waals surface area contributed by atoms with Crippen LogP contribution < -0.4 is 11.1 Å². The summed E-state index contributed by atoms with van der Waals surface area (Å²) < 4.78 is 0. The summed E-state index contributed by atoms with van der Waals surface area (Å²) in [4.78, 5) is 20.9. The van der Waals surface area contributed by atoms with Crippen molar-refractivity contribution in [1.29, 1.82) is 0 Å². The maximum Gasteiger partial charge on any atom is 0.237 e. The maximum atomic E-state index is 12.2. The average molecular weight is 340 g/mol. The van der Waals surface area contributed by atoms with Crippen molar-refractivity contribution in [2.24, 2.45) is 5.73 Å². The van der Waals surface area contributed by atoms with E-state index in [0.29, 0.717) is 23.8 Å². The summed E-state index contributed by atoms with van der Waals surface area (Å²) in [5, 5.41) is 16.5. The number of hydrogen-bond acceptors (Lipinski definition) is 6. The van der Waals surface area contributed by atoms with Crippen LogP contribution in [0.2, 0.25) is 0 Å². The molecule has 1 amide bonds. The molecule has 3 aromatic heterocycles. The zero-order chi connectivity index (χ0) is 17.8. The average Bonchev–Trinajstić information content (AvgIpc) is 3.26. The molecule has 25 heavy (non-hydrogen) atoms. The van der Waals surface area contributed by atoms with E-state index >= 15 is 0 Å². The molecule has 5 N–H and O–H groups in total. The number of aromatic nitrogens is 6. The van der Waals surface area contributed by atoms with Gasteiger partial charge in [-0.1, -0.05) is 0 Å². The van der Waals surface area contributed by atoms with Crippen LogP contribution in [0.1, 0.15) is 30.0 Å². The van der Waals surface area contributed by atoms with Crippen LogP contribution in [-0.4, -0.2) is 42.3 Å². The van der Waals surface area contributed by atoms with Gasteiger partial charge in [0.2, 0.25) is 5.91 Å². The maximum absolute atomic E-state index is 12.2. The van der Waals surface area contributed by atoms with Crippen molar-refractivity contribution in [3.63, 3.8) is 0 Å². The minimum Gasteiger partial charge on any atom is -0.345 e. The van der Waals surface area contributed by atoms with Crippen LogP contribution in [0.5, 0.6) is 0 Å². The van der Waals surface area contributed by atoms with Gasteiger partial charge in [0.25, 0.3) is 0 Å². The lowest BCUT2D eigenvalue weighted by atomic mass is 10.1. The van der Waals surface area contributed by atoms with Crippen LogP contribution in [0, 0.1) is 6.92 Å². The second-order valence-electron chi connectivity index (χ2n) is 5.89. The Balaban J connectivity index is 1.63. The van der Waals surface area contributed by atoms with Gasteiger partial charge in [0.15, 0.2) is 5.82 Å². The monoisotopic (exact) mass is 340 g/mol. The van der Waals surface area contributed by atoms with Gasteiger partial charge in [-0.3, -0.25) is 20.0 Å². The van der Waals surface area contributed by atoms with E-state index < -0.39 is 6.04 Å². The van der Waals surface area contributed by atoms with Gasteiger partial charge in [0.1, 0.15) is 11.5 Å². The van der Waals surface area contributed by atoms with Gasteiger partial charge in [-0.2, -0.15) is 10.2 Å². The predicted molar refractivity (Wildman–Crippen MR) is 91.2 cm³/mol. The second kappa shape index (κ2) is 7.22. The molecule has 0 aromatic carbocycles. The molecule has 2 atom stereocenters. The van der Waals surface area contributed by atoms with E-state index in [2.05, 4.69) is 35.7 Å². The SMILES string of the molecule is Cc1ccnc(-c2n[nH]c(C(C)NC(=O)C(N)Cc3ccn[nH]3)n2)c1. The van der Waals surface area contributed by atoms with E-state index in [-0.39, 0.29) is 11.9 Å². The molecule has 0 aliphatic heterocycles. The number of aryl methyl sites for hydroxylation is 1. The van der Waals surface area contributed by atoms with Gasteiger partial charge in [-0.25, -0.2) is 4.98 Å². The third-order valence-corrected chi connectivity index (χ3v) is 3.75. The molecule has 3 aromatic rings. The lowest BCUT2D eigenvalue weighted by molar-refractivity contribution is -0.123. The first-order valence-corrected chi connectivity index (χ1v) is 7.92. The molecule has 2 unspecified atom stereocenters. The molecule has 0 saturated carbocycles. The van der Waals surface area contributed by atoms with E-state index in [1.165, 1.54) is 0 Å². The molecule has 0 spiro atoms. The summed E-state index contributed by atoms with van der Waals surface area (Å²) in [6, 6.07) is 4.56. The Morgan fingerprint density at radius 1 is 1.32 bits per heavy atom. The zero-order valence-electron chi connectivity index (χ0n) is 14.0. The Labute approximate surface area is 144 Å². The molecule has 0 bridgehead atoms. The topological polar surface area (TPSA) is 138 Å². The fraction of sp³-hybridized carbons (Fsp3) is 0.312. The van der Waals surface area contributed by atoms with Crippen LogP contribution in [0.15, 0.2) is 30.6 Å². The molecule has 0 saturated heterocycles. The Kier molecular flexibility index (Phi) is 4.85. The van der Waals surface area contributed by atoms with Crippen LogP contribution in [0.4, 0.5) is 0 Å².